The summed E-state index contributed by atoms with van der Waals surface area (Å²) in [5, 5.41) is 9.90. The van der Waals surface area contributed by atoms with Crippen molar-refractivity contribution in [3.05, 3.63) is 0 Å². The number of carbonyl (C=O) groups excluding carboxylic acids is 1. The number of aliphatic hydroxyl groups is 1. The van der Waals surface area contributed by atoms with Crippen molar-refractivity contribution in [2.45, 2.75) is 70.6 Å². The number of hydrogen-bond donors (Lipinski definition) is 2. The van der Waals surface area contributed by atoms with Gasteiger partial charge in [-0.3, -0.25) is 0 Å². The standard InChI is InChI=1S/C13H25NO3/c1-13(2,3)17-12(16)11(15)10(14)9-7-5-4-6-8-9/h9-11,15H,4-8,14H2,1-3H3/t10?,11-/m1/s1. The van der Waals surface area contributed by atoms with Gasteiger partial charge in [0, 0.05) is 6.04 Å². The molecule has 1 aliphatic carbocycles. The van der Waals surface area contributed by atoms with E-state index in [-0.39, 0.29) is 5.92 Å². The minimum Gasteiger partial charge on any atom is -0.458 e. The number of rotatable bonds is 3. The van der Waals surface area contributed by atoms with Gasteiger partial charge in [-0.15, -0.1) is 0 Å². The molecule has 4 heteroatoms. The van der Waals surface area contributed by atoms with E-state index in [1.165, 1.54) is 6.42 Å². The van der Waals surface area contributed by atoms with Crippen molar-refractivity contribution in [1.82, 2.24) is 0 Å². The van der Waals surface area contributed by atoms with Gasteiger partial charge < -0.3 is 15.6 Å². The zero-order valence-corrected chi connectivity index (χ0v) is 11.1. The molecule has 0 aromatic rings. The maximum absolute atomic E-state index is 11.7. The van der Waals surface area contributed by atoms with Crippen LogP contribution in [0.3, 0.4) is 0 Å². The number of esters is 1. The lowest BCUT2D eigenvalue weighted by atomic mass is 9.82. The molecule has 0 heterocycles. The third kappa shape index (κ3) is 4.64. The van der Waals surface area contributed by atoms with Gasteiger partial charge in [0.1, 0.15) is 5.60 Å². The van der Waals surface area contributed by atoms with Crippen LogP contribution in [0.25, 0.3) is 0 Å². The Morgan fingerprint density at radius 2 is 1.82 bits per heavy atom. The van der Waals surface area contributed by atoms with Crippen molar-refractivity contribution in [2.75, 3.05) is 0 Å². The summed E-state index contributed by atoms with van der Waals surface area (Å²) in [5.74, 6) is -0.359. The first kappa shape index (κ1) is 14.5. The minimum absolute atomic E-state index is 0.242. The number of hydrogen-bond acceptors (Lipinski definition) is 4. The van der Waals surface area contributed by atoms with Gasteiger partial charge in [0.2, 0.25) is 0 Å². The van der Waals surface area contributed by atoms with Gasteiger partial charge in [0.25, 0.3) is 0 Å². The molecule has 1 unspecified atom stereocenters. The van der Waals surface area contributed by atoms with Crippen molar-refractivity contribution >= 4 is 5.97 Å². The summed E-state index contributed by atoms with van der Waals surface area (Å²) in [5.41, 5.74) is 5.38. The third-order valence-electron chi connectivity index (χ3n) is 3.21. The Morgan fingerprint density at radius 1 is 1.29 bits per heavy atom. The van der Waals surface area contributed by atoms with Gasteiger partial charge in [0.05, 0.1) is 0 Å². The molecule has 1 saturated carbocycles. The first-order chi connectivity index (χ1) is 7.81. The van der Waals surface area contributed by atoms with E-state index in [1.54, 1.807) is 20.8 Å². The minimum atomic E-state index is -1.20. The van der Waals surface area contributed by atoms with Gasteiger partial charge in [0.15, 0.2) is 6.10 Å². The molecule has 100 valence electrons. The summed E-state index contributed by atoms with van der Waals surface area (Å²) in [6.45, 7) is 5.34. The molecule has 0 aromatic heterocycles. The van der Waals surface area contributed by atoms with Crippen molar-refractivity contribution < 1.29 is 14.6 Å². The molecular weight excluding hydrogens is 218 g/mol. The zero-order chi connectivity index (χ0) is 13.1. The lowest BCUT2D eigenvalue weighted by Crippen LogP contribution is -2.48. The summed E-state index contributed by atoms with van der Waals surface area (Å²) in [6, 6.07) is -0.495. The summed E-state index contributed by atoms with van der Waals surface area (Å²) < 4.78 is 5.14. The average Bonchev–Trinajstić information content (AvgIpc) is 2.26. The Bertz CT molecular complexity index is 254. The monoisotopic (exact) mass is 243 g/mol. The summed E-state index contributed by atoms with van der Waals surface area (Å²) >= 11 is 0. The Labute approximate surface area is 104 Å². The number of aliphatic hydroxyl groups excluding tert-OH is 1. The molecule has 0 spiro atoms. The molecule has 0 amide bonds. The average molecular weight is 243 g/mol. The van der Waals surface area contributed by atoms with Crippen LogP contribution in [-0.2, 0) is 9.53 Å². The smallest absolute Gasteiger partial charge is 0.337 e. The fourth-order valence-corrected chi connectivity index (χ4v) is 2.30. The molecule has 1 fully saturated rings. The Hall–Kier alpha value is -0.610. The molecule has 17 heavy (non-hydrogen) atoms. The maximum Gasteiger partial charge on any atom is 0.337 e. The van der Waals surface area contributed by atoms with Crippen molar-refractivity contribution in [2.24, 2.45) is 11.7 Å². The number of carbonyl (C=O) groups is 1. The van der Waals surface area contributed by atoms with E-state index in [1.807, 2.05) is 0 Å². The second kappa shape index (κ2) is 5.83. The predicted octanol–water partition coefficient (Wildman–Crippen LogP) is 1.60. The molecule has 4 nitrogen and oxygen atoms in total. The molecule has 0 aliphatic heterocycles. The normalized spacial score (nSPS) is 21.9. The van der Waals surface area contributed by atoms with Gasteiger partial charge in [-0.05, 0) is 39.5 Å². The second-order valence-corrected chi connectivity index (χ2v) is 5.95. The molecule has 1 rings (SSSR count). The SMILES string of the molecule is CC(C)(C)OC(=O)[C@H](O)C(N)C1CCCCC1. The number of ether oxygens (including phenoxy) is 1. The topological polar surface area (TPSA) is 72.5 Å². The predicted molar refractivity (Wildman–Crippen MR) is 66.4 cm³/mol. The Kier molecular flexibility index (Phi) is 4.95. The lowest BCUT2D eigenvalue weighted by molar-refractivity contribution is -0.167. The highest BCUT2D eigenvalue weighted by atomic mass is 16.6. The maximum atomic E-state index is 11.7. The third-order valence-corrected chi connectivity index (χ3v) is 3.21. The zero-order valence-electron chi connectivity index (χ0n) is 11.1. The van der Waals surface area contributed by atoms with Crippen molar-refractivity contribution in [3.8, 4) is 0 Å². The Balaban J connectivity index is 2.50. The van der Waals surface area contributed by atoms with Gasteiger partial charge in [-0.25, -0.2) is 4.79 Å². The summed E-state index contributed by atoms with van der Waals surface area (Å²) in [4.78, 5) is 11.7. The highest BCUT2D eigenvalue weighted by Crippen LogP contribution is 2.27. The van der Waals surface area contributed by atoms with Crippen LogP contribution in [-0.4, -0.2) is 28.8 Å². The second-order valence-electron chi connectivity index (χ2n) is 5.95. The molecule has 0 aromatic carbocycles. The van der Waals surface area contributed by atoms with Crippen LogP contribution < -0.4 is 5.73 Å². The van der Waals surface area contributed by atoms with Gasteiger partial charge in [-0.2, -0.15) is 0 Å². The van der Waals surface area contributed by atoms with Crippen LogP contribution in [0.4, 0.5) is 0 Å². The summed E-state index contributed by atoms with van der Waals surface area (Å²) in [6.07, 6.45) is 4.31. The van der Waals surface area contributed by atoms with Crippen LogP contribution in [0.15, 0.2) is 0 Å². The van der Waals surface area contributed by atoms with E-state index >= 15 is 0 Å². The molecule has 0 saturated heterocycles. The van der Waals surface area contributed by atoms with E-state index in [9.17, 15) is 9.90 Å². The van der Waals surface area contributed by atoms with E-state index in [2.05, 4.69) is 0 Å². The van der Waals surface area contributed by atoms with E-state index in [0.717, 1.165) is 25.7 Å². The quantitative estimate of drug-likeness (QED) is 0.738. The highest BCUT2D eigenvalue weighted by Gasteiger charge is 2.33. The molecule has 2 atom stereocenters. The van der Waals surface area contributed by atoms with Crippen LogP contribution in [0.2, 0.25) is 0 Å². The Morgan fingerprint density at radius 3 is 2.29 bits per heavy atom. The van der Waals surface area contributed by atoms with Crippen LogP contribution in [0.5, 0.6) is 0 Å². The lowest BCUT2D eigenvalue weighted by Gasteiger charge is -2.31. The van der Waals surface area contributed by atoms with Crippen molar-refractivity contribution in [3.63, 3.8) is 0 Å². The van der Waals surface area contributed by atoms with Gasteiger partial charge >= 0.3 is 5.97 Å². The van der Waals surface area contributed by atoms with Crippen molar-refractivity contribution in [1.29, 1.82) is 0 Å². The van der Waals surface area contributed by atoms with Gasteiger partial charge in [-0.1, -0.05) is 19.3 Å². The molecule has 0 bridgehead atoms. The van der Waals surface area contributed by atoms with Crippen LogP contribution in [0.1, 0.15) is 52.9 Å². The first-order valence-electron chi connectivity index (χ1n) is 6.48. The number of nitrogens with two attached hydrogens (primary N) is 1. The van der Waals surface area contributed by atoms with E-state index < -0.39 is 23.7 Å². The van der Waals surface area contributed by atoms with Crippen LogP contribution >= 0.6 is 0 Å². The molecule has 3 N–H and O–H groups in total. The fraction of sp³-hybridized carbons (Fsp3) is 0.923. The highest BCUT2D eigenvalue weighted by molar-refractivity contribution is 5.75. The van der Waals surface area contributed by atoms with Crippen LogP contribution in [0, 0.1) is 5.92 Å². The molecular formula is C13H25NO3. The summed E-state index contributed by atoms with van der Waals surface area (Å²) in [7, 11) is 0. The molecule has 1 aliphatic rings. The largest absolute Gasteiger partial charge is 0.458 e. The molecule has 0 radical (unpaired) electrons. The fourth-order valence-electron chi connectivity index (χ4n) is 2.30. The van der Waals surface area contributed by atoms with E-state index in [0.29, 0.717) is 0 Å². The first-order valence-corrected chi connectivity index (χ1v) is 6.48. The van der Waals surface area contributed by atoms with E-state index in [4.69, 9.17) is 10.5 Å².